The minimum absolute atomic E-state index is 0.00957. The molecule has 0 spiro atoms. The van der Waals surface area contributed by atoms with Gasteiger partial charge < -0.3 is 10.1 Å². The van der Waals surface area contributed by atoms with Gasteiger partial charge in [0.25, 0.3) is 21.1 Å². The van der Waals surface area contributed by atoms with E-state index in [4.69, 9.17) is 4.74 Å². The van der Waals surface area contributed by atoms with Gasteiger partial charge in [0.15, 0.2) is 0 Å². The van der Waals surface area contributed by atoms with Crippen LogP contribution in [0.1, 0.15) is 16.1 Å². The van der Waals surface area contributed by atoms with Crippen LogP contribution < -0.4 is 14.8 Å². The molecule has 0 bridgehead atoms. The summed E-state index contributed by atoms with van der Waals surface area (Å²) in [5.74, 6) is 0.216. The second-order valence-electron chi connectivity index (χ2n) is 6.53. The van der Waals surface area contributed by atoms with Gasteiger partial charge in [-0.15, -0.1) is 0 Å². The van der Waals surface area contributed by atoms with Gasteiger partial charge in [0.05, 0.1) is 4.90 Å². The van der Waals surface area contributed by atoms with E-state index in [1.807, 2.05) is 0 Å². The second-order valence-corrected chi connectivity index (χ2v) is 9.07. The third-order valence-corrected chi connectivity index (χ3v) is 6.17. The number of nitrogens with one attached hydrogen (secondary N) is 2. The zero-order valence-corrected chi connectivity index (χ0v) is 18.4. The van der Waals surface area contributed by atoms with Crippen molar-refractivity contribution >= 4 is 38.9 Å². The van der Waals surface area contributed by atoms with Crippen LogP contribution in [-0.2, 0) is 10.0 Å². The number of amides is 1. The van der Waals surface area contributed by atoms with E-state index in [2.05, 4.69) is 25.0 Å². The average molecular weight is 468 g/mol. The molecule has 9 nitrogen and oxygen atoms in total. The number of hydrogen-bond donors (Lipinski definition) is 2. The van der Waals surface area contributed by atoms with Gasteiger partial charge in [-0.3, -0.25) is 4.79 Å². The van der Waals surface area contributed by atoms with Crippen LogP contribution in [0.25, 0.3) is 0 Å². The van der Waals surface area contributed by atoms with Gasteiger partial charge in [-0.1, -0.05) is 11.3 Å². The van der Waals surface area contributed by atoms with E-state index in [9.17, 15) is 13.2 Å². The summed E-state index contributed by atoms with van der Waals surface area (Å²) in [5, 5.41) is 5.05. The molecule has 2 N–H and O–H groups in total. The maximum atomic E-state index is 12.5. The highest BCUT2D eigenvalue weighted by molar-refractivity contribution is 7.92. The van der Waals surface area contributed by atoms with Crippen molar-refractivity contribution in [3.63, 3.8) is 0 Å². The Kier molecular flexibility index (Phi) is 6.10. The molecule has 4 aromatic rings. The molecule has 11 heteroatoms. The Hall–Kier alpha value is -3.83. The Bertz CT molecular complexity index is 1320. The first kappa shape index (κ1) is 21.4. The summed E-state index contributed by atoms with van der Waals surface area (Å²) in [7, 11) is -3.86. The largest absolute Gasteiger partial charge is 0.431 e. The molecule has 2 heterocycles. The van der Waals surface area contributed by atoms with Crippen molar-refractivity contribution in [3.05, 3.63) is 83.6 Å². The molecule has 0 saturated heterocycles. The molecule has 0 unspecified atom stereocenters. The van der Waals surface area contributed by atoms with Gasteiger partial charge in [-0.05, 0) is 61.5 Å². The third-order valence-electron chi connectivity index (χ3n) is 4.17. The van der Waals surface area contributed by atoms with Gasteiger partial charge >= 0.3 is 0 Å². The van der Waals surface area contributed by atoms with Crippen molar-refractivity contribution in [2.24, 2.45) is 0 Å². The normalized spacial score (nSPS) is 11.0. The lowest BCUT2D eigenvalue weighted by molar-refractivity contribution is 0.102. The van der Waals surface area contributed by atoms with E-state index >= 15 is 0 Å². The molecule has 2 aromatic heterocycles. The van der Waals surface area contributed by atoms with E-state index in [1.165, 1.54) is 41.8 Å². The van der Waals surface area contributed by atoms with Crippen LogP contribution in [0.5, 0.6) is 10.9 Å². The fourth-order valence-electron chi connectivity index (χ4n) is 2.63. The van der Waals surface area contributed by atoms with Crippen LogP contribution in [0.15, 0.2) is 77.3 Å². The van der Waals surface area contributed by atoms with Gasteiger partial charge in [0.1, 0.15) is 5.75 Å². The smallest absolute Gasteiger partial charge is 0.278 e. The van der Waals surface area contributed by atoms with Crippen LogP contribution in [0.2, 0.25) is 0 Å². The molecule has 4 rings (SSSR count). The lowest BCUT2D eigenvalue weighted by Gasteiger charge is -2.09. The summed E-state index contributed by atoms with van der Waals surface area (Å²) in [6.07, 6.45) is 3.11. The Labute approximate surface area is 188 Å². The molecule has 1 amide bonds. The minimum Gasteiger partial charge on any atom is -0.431 e. The predicted octanol–water partition coefficient (Wildman–Crippen LogP) is 4.09. The van der Waals surface area contributed by atoms with Gasteiger partial charge in [0, 0.05) is 34.7 Å². The highest BCUT2D eigenvalue weighted by Gasteiger charge is 2.16. The minimum atomic E-state index is -3.86. The predicted molar refractivity (Wildman–Crippen MR) is 121 cm³/mol. The molecule has 0 fully saturated rings. The number of anilines is 2. The first-order valence-corrected chi connectivity index (χ1v) is 11.7. The van der Waals surface area contributed by atoms with Crippen LogP contribution >= 0.6 is 11.3 Å². The van der Waals surface area contributed by atoms with Crippen LogP contribution in [-0.4, -0.2) is 29.3 Å². The lowest BCUT2D eigenvalue weighted by Crippen LogP contribution is -2.15. The number of aromatic nitrogens is 3. The highest BCUT2D eigenvalue weighted by atomic mass is 32.2. The number of thiazole rings is 1. The molecular formula is C21H17N5O4S2. The number of ether oxygens (including phenoxy) is 1. The first-order valence-electron chi connectivity index (χ1n) is 9.30. The molecule has 162 valence electrons. The van der Waals surface area contributed by atoms with E-state index in [-0.39, 0.29) is 16.8 Å². The monoisotopic (exact) mass is 467 g/mol. The van der Waals surface area contributed by atoms with E-state index in [0.717, 1.165) is 0 Å². The van der Waals surface area contributed by atoms with Gasteiger partial charge in [-0.25, -0.2) is 28.1 Å². The Morgan fingerprint density at radius 1 is 0.969 bits per heavy atom. The molecule has 0 aliphatic heterocycles. The molecule has 0 radical (unpaired) electrons. The number of carbonyl (C=O) groups excluding carboxylic acids is 1. The van der Waals surface area contributed by atoms with Gasteiger partial charge in [0.2, 0.25) is 5.95 Å². The Morgan fingerprint density at radius 2 is 1.72 bits per heavy atom. The maximum Gasteiger partial charge on any atom is 0.278 e. The summed E-state index contributed by atoms with van der Waals surface area (Å²) < 4.78 is 32.9. The lowest BCUT2D eigenvalue weighted by atomic mass is 10.2. The van der Waals surface area contributed by atoms with Crippen molar-refractivity contribution in [2.75, 3.05) is 10.0 Å². The topological polar surface area (TPSA) is 123 Å². The number of benzene rings is 2. The van der Waals surface area contributed by atoms with E-state index in [1.54, 1.807) is 48.8 Å². The molecule has 32 heavy (non-hydrogen) atoms. The summed E-state index contributed by atoms with van der Waals surface area (Å²) in [4.78, 5) is 24.5. The summed E-state index contributed by atoms with van der Waals surface area (Å²) in [5.41, 5.74) is 1.51. The van der Waals surface area contributed by atoms with E-state index < -0.39 is 10.0 Å². The van der Waals surface area contributed by atoms with Crippen LogP contribution in [0.4, 0.5) is 11.6 Å². The SMILES string of the molecule is Cc1ccnc(NS(=O)(=O)c2ccc(NC(=O)c3ccc(Oc4nccs4)cc3)cc2)n1. The van der Waals surface area contributed by atoms with Crippen molar-refractivity contribution in [1.82, 2.24) is 15.0 Å². The van der Waals surface area contributed by atoms with Crippen molar-refractivity contribution in [2.45, 2.75) is 11.8 Å². The number of aryl methyl sites for hydroxylation is 1. The molecular weight excluding hydrogens is 450 g/mol. The number of carbonyl (C=O) groups is 1. The Morgan fingerprint density at radius 3 is 2.38 bits per heavy atom. The van der Waals surface area contributed by atoms with Crippen LogP contribution in [0, 0.1) is 6.92 Å². The molecule has 0 saturated carbocycles. The Balaban J connectivity index is 1.40. The fraction of sp³-hybridized carbons (Fsp3) is 0.0476. The number of hydrogen-bond acceptors (Lipinski definition) is 8. The summed E-state index contributed by atoms with van der Waals surface area (Å²) >= 11 is 1.37. The number of rotatable bonds is 7. The first-order chi connectivity index (χ1) is 15.4. The standard InChI is InChI=1S/C21H17N5O4S2/c1-14-10-11-22-20(24-14)26-32(28,29)18-8-4-16(5-9-18)25-19(27)15-2-6-17(7-3-15)30-21-23-12-13-31-21/h2-13H,1H3,(H,25,27)(H,22,24,26). The second kappa shape index (κ2) is 9.12. The molecule has 0 atom stereocenters. The van der Waals surface area contributed by atoms with Crippen molar-refractivity contribution in [1.29, 1.82) is 0 Å². The molecule has 0 aliphatic rings. The zero-order chi connectivity index (χ0) is 22.6. The van der Waals surface area contributed by atoms with Crippen LogP contribution in [0.3, 0.4) is 0 Å². The number of nitrogens with zero attached hydrogens (tertiary/aromatic N) is 3. The zero-order valence-electron chi connectivity index (χ0n) is 16.7. The fourth-order valence-corrected chi connectivity index (χ4v) is 4.09. The average Bonchev–Trinajstić information content (AvgIpc) is 3.27. The summed E-state index contributed by atoms with van der Waals surface area (Å²) in [6, 6.07) is 14.0. The van der Waals surface area contributed by atoms with Crippen molar-refractivity contribution in [3.8, 4) is 10.9 Å². The molecule has 0 aliphatic carbocycles. The van der Waals surface area contributed by atoms with Crippen molar-refractivity contribution < 1.29 is 17.9 Å². The quantitative estimate of drug-likeness (QED) is 0.420. The maximum absolute atomic E-state index is 12.5. The number of sulfonamides is 1. The molecule has 2 aromatic carbocycles. The summed E-state index contributed by atoms with van der Waals surface area (Å²) in [6.45, 7) is 1.73. The van der Waals surface area contributed by atoms with Gasteiger partial charge in [-0.2, -0.15) is 0 Å². The van der Waals surface area contributed by atoms with E-state index in [0.29, 0.717) is 27.9 Å². The third kappa shape index (κ3) is 5.25. The highest BCUT2D eigenvalue weighted by Crippen LogP contribution is 2.24.